The molecular formula is C21H18N4O4S. The first-order valence-electron chi connectivity index (χ1n) is 9.33. The van der Waals surface area contributed by atoms with Gasteiger partial charge in [0.15, 0.2) is 5.13 Å². The van der Waals surface area contributed by atoms with Gasteiger partial charge < -0.3 is 5.32 Å². The summed E-state index contributed by atoms with van der Waals surface area (Å²) in [6.07, 6.45) is 0.892. The molecule has 30 heavy (non-hydrogen) atoms. The van der Waals surface area contributed by atoms with Crippen LogP contribution < -0.4 is 10.6 Å². The van der Waals surface area contributed by atoms with Gasteiger partial charge in [-0.05, 0) is 30.5 Å². The number of nitrogens with one attached hydrogen (secondary N) is 2. The molecule has 2 unspecified atom stereocenters. The van der Waals surface area contributed by atoms with Gasteiger partial charge in [-0.25, -0.2) is 4.98 Å². The fourth-order valence-electron chi connectivity index (χ4n) is 3.07. The molecule has 0 aliphatic heterocycles. The number of thiazole rings is 1. The van der Waals surface area contributed by atoms with Crippen LogP contribution in [0.3, 0.4) is 0 Å². The first-order valence-corrected chi connectivity index (χ1v) is 10.2. The number of nitro groups is 1. The minimum absolute atomic E-state index is 0.0226. The molecule has 0 radical (unpaired) electrons. The Bertz CT molecular complexity index is 1140. The van der Waals surface area contributed by atoms with Crippen LogP contribution in [0.5, 0.6) is 0 Å². The Morgan fingerprint density at radius 2 is 1.93 bits per heavy atom. The smallest absolute Gasteiger partial charge is 0.270 e. The lowest BCUT2D eigenvalue weighted by Gasteiger charge is -2.07. The maximum Gasteiger partial charge on any atom is 0.270 e. The Kier molecular flexibility index (Phi) is 5.28. The van der Waals surface area contributed by atoms with E-state index in [-0.39, 0.29) is 23.4 Å². The van der Waals surface area contributed by atoms with Crippen LogP contribution in [0, 0.1) is 22.0 Å². The van der Waals surface area contributed by atoms with Crippen molar-refractivity contribution in [2.75, 3.05) is 10.6 Å². The van der Waals surface area contributed by atoms with E-state index in [9.17, 15) is 19.7 Å². The van der Waals surface area contributed by atoms with E-state index >= 15 is 0 Å². The van der Waals surface area contributed by atoms with Gasteiger partial charge in [0.05, 0.1) is 10.6 Å². The molecule has 0 spiro atoms. The van der Waals surface area contributed by atoms with Crippen LogP contribution in [0.15, 0.2) is 53.9 Å². The van der Waals surface area contributed by atoms with Crippen molar-refractivity contribution in [1.29, 1.82) is 0 Å². The molecule has 2 N–H and O–H groups in total. The second kappa shape index (κ2) is 8.03. The van der Waals surface area contributed by atoms with Gasteiger partial charge in [-0.3, -0.25) is 25.0 Å². The summed E-state index contributed by atoms with van der Waals surface area (Å²) in [7, 11) is 0. The number of nitrogens with zero attached hydrogens (tertiary/aromatic N) is 2. The third-order valence-corrected chi connectivity index (χ3v) is 5.67. The summed E-state index contributed by atoms with van der Waals surface area (Å²) < 4.78 is 0. The van der Waals surface area contributed by atoms with Gasteiger partial charge in [-0.1, -0.05) is 25.1 Å². The second-order valence-corrected chi connectivity index (χ2v) is 8.05. The normalized spacial score (nSPS) is 17.2. The van der Waals surface area contributed by atoms with Gasteiger partial charge in [-0.15, -0.1) is 11.3 Å². The molecule has 3 aromatic rings. The van der Waals surface area contributed by atoms with Crippen LogP contribution in [0.2, 0.25) is 0 Å². The Morgan fingerprint density at radius 3 is 2.67 bits per heavy atom. The summed E-state index contributed by atoms with van der Waals surface area (Å²) in [6.45, 7) is 2.03. The molecule has 8 nitrogen and oxygen atoms in total. The number of non-ortho nitro benzene ring substituents is 1. The Balaban J connectivity index is 1.44. The standard InChI is InChI=1S/C21H18N4O4S/c1-12-8-17(12)20(27)22-15-6-2-5-14(9-15)19(26)24-21-23-18(11-30-21)13-4-3-7-16(10-13)25(28)29/h2-7,9-12,17H,8H2,1H3,(H,22,27)(H,23,24,26). The van der Waals surface area contributed by atoms with Crippen molar-refractivity contribution in [2.24, 2.45) is 11.8 Å². The molecular weight excluding hydrogens is 404 g/mol. The monoisotopic (exact) mass is 422 g/mol. The van der Waals surface area contributed by atoms with Crippen LogP contribution in [-0.4, -0.2) is 21.7 Å². The fraction of sp³-hybridized carbons (Fsp3) is 0.190. The molecule has 1 heterocycles. The third-order valence-electron chi connectivity index (χ3n) is 4.92. The molecule has 0 bridgehead atoms. The van der Waals surface area contributed by atoms with Crippen molar-refractivity contribution < 1.29 is 14.5 Å². The zero-order valence-corrected chi connectivity index (χ0v) is 16.8. The Morgan fingerprint density at radius 1 is 1.17 bits per heavy atom. The largest absolute Gasteiger partial charge is 0.326 e. The predicted octanol–water partition coefficient (Wildman–Crippen LogP) is 4.57. The van der Waals surface area contributed by atoms with Crippen LogP contribution in [-0.2, 0) is 4.79 Å². The van der Waals surface area contributed by atoms with E-state index in [4.69, 9.17) is 0 Å². The molecule has 1 aliphatic carbocycles. The second-order valence-electron chi connectivity index (χ2n) is 7.19. The fourth-order valence-corrected chi connectivity index (χ4v) is 3.79. The van der Waals surface area contributed by atoms with Crippen LogP contribution in [0.1, 0.15) is 23.7 Å². The van der Waals surface area contributed by atoms with E-state index in [2.05, 4.69) is 15.6 Å². The van der Waals surface area contributed by atoms with Crippen LogP contribution >= 0.6 is 11.3 Å². The molecule has 1 aliphatic rings. The maximum atomic E-state index is 12.6. The maximum absolute atomic E-state index is 12.6. The molecule has 1 saturated carbocycles. The first kappa shape index (κ1) is 19.7. The van der Waals surface area contributed by atoms with Gasteiger partial charge in [0.25, 0.3) is 11.6 Å². The van der Waals surface area contributed by atoms with E-state index in [1.54, 1.807) is 41.8 Å². The van der Waals surface area contributed by atoms with Crippen molar-refractivity contribution >= 4 is 39.7 Å². The summed E-state index contributed by atoms with van der Waals surface area (Å²) in [5.74, 6) is 0.0686. The lowest BCUT2D eigenvalue weighted by Crippen LogP contribution is -2.16. The summed E-state index contributed by atoms with van der Waals surface area (Å²) in [4.78, 5) is 39.5. The lowest BCUT2D eigenvalue weighted by molar-refractivity contribution is -0.384. The number of carbonyl (C=O) groups is 2. The SMILES string of the molecule is CC1CC1C(=O)Nc1cccc(C(=O)Nc2nc(-c3cccc([N+](=O)[O-])c3)cs2)c1. The van der Waals surface area contributed by atoms with Crippen molar-refractivity contribution in [2.45, 2.75) is 13.3 Å². The highest BCUT2D eigenvalue weighted by atomic mass is 32.1. The van der Waals surface area contributed by atoms with E-state index < -0.39 is 4.92 Å². The minimum Gasteiger partial charge on any atom is -0.326 e. The van der Waals surface area contributed by atoms with Crippen LogP contribution in [0.25, 0.3) is 11.3 Å². The zero-order chi connectivity index (χ0) is 21.3. The van der Waals surface area contributed by atoms with Crippen molar-refractivity contribution in [3.8, 4) is 11.3 Å². The highest BCUT2D eigenvalue weighted by molar-refractivity contribution is 7.14. The minimum atomic E-state index is -0.464. The summed E-state index contributed by atoms with van der Waals surface area (Å²) in [5.41, 5.74) is 2.08. The molecule has 1 fully saturated rings. The Labute approximate surface area is 176 Å². The molecule has 9 heteroatoms. The number of carbonyl (C=O) groups excluding carboxylic acids is 2. The Hall–Kier alpha value is -3.59. The van der Waals surface area contributed by atoms with Gasteiger partial charge in [-0.2, -0.15) is 0 Å². The first-order chi connectivity index (χ1) is 14.4. The molecule has 2 amide bonds. The highest BCUT2D eigenvalue weighted by Gasteiger charge is 2.39. The molecule has 4 rings (SSSR count). The average Bonchev–Trinajstić information content (AvgIpc) is 3.29. The van der Waals surface area contributed by atoms with Gasteiger partial charge in [0.2, 0.25) is 5.91 Å². The molecule has 152 valence electrons. The average molecular weight is 422 g/mol. The number of aromatic nitrogens is 1. The predicted molar refractivity (Wildman–Crippen MR) is 115 cm³/mol. The number of hydrogen-bond acceptors (Lipinski definition) is 6. The highest BCUT2D eigenvalue weighted by Crippen LogP contribution is 2.38. The summed E-state index contributed by atoms with van der Waals surface area (Å²) >= 11 is 1.23. The van der Waals surface area contributed by atoms with Crippen molar-refractivity contribution in [3.05, 3.63) is 69.6 Å². The van der Waals surface area contributed by atoms with Gasteiger partial charge >= 0.3 is 0 Å². The molecule has 2 aromatic carbocycles. The van der Waals surface area contributed by atoms with E-state index in [0.29, 0.717) is 33.6 Å². The number of anilines is 2. The number of nitro benzene ring substituents is 1. The zero-order valence-electron chi connectivity index (χ0n) is 16.0. The van der Waals surface area contributed by atoms with E-state index in [1.165, 1.54) is 23.5 Å². The molecule has 0 saturated heterocycles. The molecule has 2 atom stereocenters. The third kappa shape index (κ3) is 4.36. The van der Waals surface area contributed by atoms with Crippen molar-refractivity contribution in [1.82, 2.24) is 4.98 Å². The van der Waals surface area contributed by atoms with Gasteiger partial charge in [0, 0.05) is 40.2 Å². The number of benzene rings is 2. The number of rotatable bonds is 6. The van der Waals surface area contributed by atoms with Gasteiger partial charge in [0.1, 0.15) is 0 Å². The quantitative estimate of drug-likeness (QED) is 0.446. The van der Waals surface area contributed by atoms with Crippen molar-refractivity contribution in [3.63, 3.8) is 0 Å². The topological polar surface area (TPSA) is 114 Å². The summed E-state index contributed by atoms with van der Waals surface area (Å²) in [5, 5.41) is 18.6. The lowest BCUT2D eigenvalue weighted by atomic mass is 10.1. The number of amides is 2. The summed E-state index contributed by atoms with van der Waals surface area (Å²) in [6, 6.07) is 12.9. The molecule has 1 aromatic heterocycles. The van der Waals surface area contributed by atoms with Crippen LogP contribution in [0.4, 0.5) is 16.5 Å². The van der Waals surface area contributed by atoms with E-state index in [1.807, 2.05) is 6.92 Å². The number of hydrogen-bond donors (Lipinski definition) is 2. The van der Waals surface area contributed by atoms with E-state index in [0.717, 1.165) is 6.42 Å².